The molecule has 0 radical (unpaired) electrons. The summed E-state index contributed by atoms with van der Waals surface area (Å²) in [6.07, 6.45) is 2.91. The number of aliphatic hydroxyl groups is 1. The fourth-order valence-electron chi connectivity index (χ4n) is 2.27. The minimum absolute atomic E-state index is 0.116. The number of rotatable bonds is 5. The van der Waals surface area contributed by atoms with E-state index >= 15 is 0 Å². The topological polar surface area (TPSA) is 37.2 Å². The van der Waals surface area contributed by atoms with E-state index < -0.39 is 0 Å². The van der Waals surface area contributed by atoms with E-state index in [4.69, 9.17) is 5.11 Å². The van der Waals surface area contributed by atoms with Crippen molar-refractivity contribution in [2.24, 2.45) is 0 Å². The third-order valence-corrected chi connectivity index (χ3v) is 3.24. The third-order valence-electron chi connectivity index (χ3n) is 3.24. The lowest BCUT2D eigenvalue weighted by Gasteiger charge is -2.21. The minimum atomic E-state index is 0.116. The lowest BCUT2D eigenvalue weighted by Crippen LogP contribution is -2.35. The van der Waals surface area contributed by atoms with Crippen molar-refractivity contribution in [1.29, 1.82) is 0 Å². The third kappa shape index (κ3) is 3.58. The summed E-state index contributed by atoms with van der Waals surface area (Å²) in [7, 11) is 0. The summed E-state index contributed by atoms with van der Waals surface area (Å²) in [6.45, 7) is 8.51. The molecule has 0 aliphatic heterocycles. The molecule has 0 saturated heterocycles. The average Bonchev–Trinajstić information content (AvgIpc) is 2.76. The molecule has 19 heavy (non-hydrogen) atoms. The van der Waals surface area contributed by atoms with Gasteiger partial charge in [-0.3, -0.25) is 0 Å². The number of hydrogen-bond acceptors (Lipinski definition) is 2. The number of para-hydroxylation sites is 1. The second-order valence-electron chi connectivity index (χ2n) is 6.04. The quantitative estimate of drug-likeness (QED) is 0.867. The van der Waals surface area contributed by atoms with Gasteiger partial charge in [-0.05, 0) is 44.2 Å². The molecule has 0 fully saturated rings. The Balaban J connectivity index is 2.29. The molecule has 0 spiro atoms. The highest BCUT2D eigenvalue weighted by Crippen LogP contribution is 2.21. The molecule has 0 saturated carbocycles. The van der Waals surface area contributed by atoms with Crippen molar-refractivity contribution in [2.45, 2.75) is 45.8 Å². The zero-order chi connectivity index (χ0) is 13.9. The first-order valence-corrected chi connectivity index (χ1v) is 6.94. The van der Waals surface area contributed by atoms with Crippen molar-refractivity contribution in [3.63, 3.8) is 0 Å². The second-order valence-corrected chi connectivity index (χ2v) is 6.04. The molecule has 0 atom stereocenters. The van der Waals surface area contributed by atoms with Crippen molar-refractivity contribution >= 4 is 10.9 Å². The van der Waals surface area contributed by atoms with Gasteiger partial charge < -0.3 is 15.0 Å². The molecule has 0 unspecified atom stereocenters. The number of hydrogen-bond donors (Lipinski definition) is 2. The van der Waals surface area contributed by atoms with Crippen LogP contribution in [-0.2, 0) is 13.1 Å². The fourth-order valence-corrected chi connectivity index (χ4v) is 2.27. The van der Waals surface area contributed by atoms with Gasteiger partial charge in [0.05, 0.1) is 5.52 Å². The Kier molecular flexibility index (Phi) is 4.27. The Morgan fingerprint density at radius 2 is 2.00 bits per heavy atom. The summed E-state index contributed by atoms with van der Waals surface area (Å²) in [5.41, 5.74) is 2.72. The van der Waals surface area contributed by atoms with Crippen LogP contribution in [0.1, 0.15) is 32.8 Å². The van der Waals surface area contributed by atoms with Gasteiger partial charge in [-0.15, -0.1) is 0 Å². The maximum atomic E-state index is 8.99. The minimum Gasteiger partial charge on any atom is -0.396 e. The van der Waals surface area contributed by atoms with Crippen molar-refractivity contribution in [3.05, 3.63) is 36.0 Å². The molecule has 2 aromatic rings. The first-order chi connectivity index (χ1) is 9.01. The van der Waals surface area contributed by atoms with E-state index in [0.717, 1.165) is 19.5 Å². The summed E-state index contributed by atoms with van der Waals surface area (Å²) in [4.78, 5) is 0. The zero-order valence-electron chi connectivity index (χ0n) is 12.1. The molecule has 1 heterocycles. The van der Waals surface area contributed by atoms with Gasteiger partial charge >= 0.3 is 0 Å². The SMILES string of the molecule is CC(C)(C)NCc1cccc2ccn(CCCO)c12. The van der Waals surface area contributed by atoms with Crippen LogP contribution in [0.2, 0.25) is 0 Å². The Bertz CT molecular complexity index is 537. The van der Waals surface area contributed by atoms with E-state index in [-0.39, 0.29) is 12.1 Å². The van der Waals surface area contributed by atoms with Gasteiger partial charge in [-0.2, -0.15) is 0 Å². The standard InChI is InChI=1S/C16H24N2O/c1-16(2,3)17-12-14-7-4-6-13-8-10-18(15(13)14)9-5-11-19/h4,6-8,10,17,19H,5,9,11-12H2,1-3H3. The van der Waals surface area contributed by atoms with E-state index in [1.165, 1.54) is 16.5 Å². The number of aromatic nitrogens is 1. The van der Waals surface area contributed by atoms with Crippen LogP contribution in [0.4, 0.5) is 0 Å². The highest BCUT2D eigenvalue weighted by Gasteiger charge is 2.11. The molecule has 104 valence electrons. The van der Waals surface area contributed by atoms with Crippen LogP contribution in [0.25, 0.3) is 10.9 Å². The number of benzene rings is 1. The average molecular weight is 260 g/mol. The van der Waals surface area contributed by atoms with Crippen LogP contribution in [0.5, 0.6) is 0 Å². The highest BCUT2D eigenvalue weighted by molar-refractivity contribution is 5.83. The van der Waals surface area contributed by atoms with Gasteiger partial charge in [0, 0.05) is 31.4 Å². The van der Waals surface area contributed by atoms with Gasteiger partial charge in [-0.1, -0.05) is 18.2 Å². The maximum absolute atomic E-state index is 8.99. The molecule has 0 aliphatic rings. The molecular weight excluding hydrogens is 236 g/mol. The zero-order valence-corrected chi connectivity index (χ0v) is 12.1. The number of aliphatic hydroxyl groups excluding tert-OH is 1. The normalized spacial score (nSPS) is 12.2. The molecule has 2 rings (SSSR count). The van der Waals surface area contributed by atoms with Gasteiger partial charge in [0.2, 0.25) is 0 Å². The first kappa shape index (κ1) is 14.1. The van der Waals surface area contributed by atoms with Crippen molar-refractivity contribution in [1.82, 2.24) is 9.88 Å². The van der Waals surface area contributed by atoms with Crippen LogP contribution in [0.15, 0.2) is 30.5 Å². The van der Waals surface area contributed by atoms with E-state index in [9.17, 15) is 0 Å². The van der Waals surface area contributed by atoms with Gasteiger partial charge in [-0.25, -0.2) is 0 Å². The van der Waals surface area contributed by atoms with Gasteiger partial charge in [0.1, 0.15) is 0 Å². The van der Waals surface area contributed by atoms with Crippen LogP contribution in [-0.4, -0.2) is 21.8 Å². The Labute approximate surface area is 115 Å². The Morgan fingerprint density at radius 3 is 2.68 bits per heavy atom. The van der Waals surface area contributed by atoms with Crippen molar-refractivity contribution in [3.8, 4) is 0 Å². The Hall–Kier alpha value is -1.32. The second kappa shape index (κ2) is 5.76. The first-order valence-electron chi connectivity index (χ1n) is 6.94. The summed E-state index contributed by atoms with van der Waals surface area (Å²) in [5.74, 6) is 0. The molecule has 0 aliphatic carbocycles. The predicted octanol–water partition coefficient (Wildman–Crippen LogP) is 2.91. The maximum Gasteiger partial charge on any atom is 0.0525 e. The number of nitrogens with zero attached hydrogens (tertiary/aromatic N) is 1. The Morgan fingerprint density at radius 1 is 1.21 bits per heavy atom. The van der Waals surface area contributed by atoms with E-state index in [1.54, 1.807) is 0 Å². The largest absolute Gasteiger partial charge is 0.396 e. The summed E-state index contributed by atoms with van der Waals surface area (Å²) in [5, 5.41) is 13.8. The molecule has 2 N–H and O–H groups in total. The van der Waals surface area contributed by atoms with Crippen LogP contribution >= 0.6 is 0 Å². The van der Waals surface area contributed by atoms with Gasteiger partial charge in [0.15, 0.2) is 0 Å². The number of aryl methyl sites for hydroxylation is 1. The fraction of sp³-hybridized carbons (Fsp3) is 0.500. The monoisotopic (exact) mass is 260 g/mol. The van der Waals surface area contributed by atoms with Gasteiger partial charge in [0.25, 0.3) is 0 Å². The summed E-state index contributed by atoms with van der Waals surface area (Å²) >= 11 is 0. The molecule has 0 amide bonds. The number of nitrogens with one attached hydrogen (secondary N) is 1. The highest BCUT2D eigenvalue weighted by atomic mass is 16.3. The molecule has 1 aromatic heterocycles. The smallest absolute Gasteiger partial charge is 0.0525 e. The van der Waals surface area contributed by atoms with E-state index in [1.807, 2.05) is 0 Å². The summed E-state index contributed by atoms with van der Waals surface area (Å²) in [6, 6.07) is 8.58. The lowest BCUT2D eigenvalue weighted by atomic mass is 10.1. The molecule has 3 nitrogen and oxygen atoms in total. The lowest BCUT2D eigenvalue weighted by molar-refractivity contribution is 0.280. The number of fused-ring (bicyclic) bond motifs is 1. The van der Waals surface area contributed by atoms with Crippen LogP contribution in [0.3, 0.4) is 0 Å². The van der Waals surface area contributed by atoms with Crippen LogP contribution < -0.4 is 5.32 Å². The van der Waals surface area contributed by atoms with Crippen molar-refractivity contribution < 1.29 is 5.11 Å². The molecule has 0 bridgehead atoms. The van der Waals surface area contributed by atoms with Crippen molar-refractivity contribution in [2.75, 3.05) is 6.61 Å². The molecule has 1 aromatic carbocycles. The van der Waals surface area contributed by atoms with E-state index in [2.05, 4.69) is 61.1 Å². The van der Waals surface area contributed by atoms with Crippen LogP contribution in [0, 0.1) is 0 Å². The molecule has 3 heteroatoms. The predicted molar refractivity (Wildman–Crippen MR) is 80.2 cm³/mol. The van der Waals surface area contributed by atoms with E-state index in [0.29, 0.717) is 0 Å². The summed E-state index contributed by atoms with van der Waals surface area (Å²) < 4.78 is 2.24. The molecular formula is C16H24N2O.